The Bertz CT molecular complexity index is 585. The van der Waals surface area contributed by atoms with Gasteiger partial charge in [-0.2, -0.15) is 0 Å². The first kappa shape index (κ1) is 14.2. The summed E-state index contributed by atoms with van der Waals surface area (Å²) in [7, 11) is 0. The van der Waals surface area contributed by atoms with Gasteiger partial charge in [0.25, 0.3) is 0 Å². The molecule has 0 amide bonds. The fraction of sp³-hybridized carbons (Fsp3) is 0.312. The molecule has 0 unspecified atom stereocenters. The highest BCUT2D eigenvalue weighted by Crippen LogP contribution is 2.27. The summed E-state index contributed by atoms with van der Waals surface area (Å²) < 4.78 is 7.52. The van der Waals surface area contributed by atoms with Gasteiger partial charge in [0, 0.05) is 12.1 Å². The van der Waals surface area contributed by atoms with E-state index < -0.39 is 0 Å². The summed E-state index contributed by atoms with van der Waals surface area (Å²) in [6.07, 6.45) is 2.82. The van der Waals surface area contributed by atoms with Gasteiger partial charge < -0.3 is 15.0 Å². The van der Waals surface area contributed by atoms with Crippen molar-refractivity contribution in [3.8, 4) is 17.0 Å². The molecule has 0 aliphatic rings. The van der Waals surface area contributed by atoms with Crippen LogP contribution in [0.4, 0.5) is 5.82 Å². The summed E-state index contributed by atoms with van der Waals surface area (Å²) in [4.78, 5) is 4.54. The monoisotopic (exact) mass is 271 g/mol. The van der Waals surface area contributed by atoms with E-state index >= 15 is 0 Å². The number of nitrogen functional groups attached to an aromatic ring is 1. The van der Waals surface area contributed by atoms with Crippen LogP contribution < -0.4 is 10.5 Å². The fourth-order valence-corrected chi connectivity index (χ4v) is 2.08. The molecule has 2 aromatic rings. The van der Waals surface area contributed by atoms with E-state index in [1.165, 1.54) is 0 Å². The van der Waals surface area contributed by atoms with Crippen molar-refractivity contribution in [3.63, 3.8) is 0 Å². The molecule has 0 atom stereocenters. The summed E-state index contributed by atoms with van der Waals surface area (Å²) in [6.45, 7) is 9.17. The van der Waals surface area contributed by atoms with E-state index in [4.69, 9.17) is 10.5 Å². The molecule has 20 heavy (non-hydrogen) atoms. The van der Waals surface area contributed by atoms with E-state index in [1.54, 1.807) is 0 Å². The molecule has 0 radical (unpaired) electrons. The largest absolute Gasteiger partial charge is 0.494 e. The predicted octanol–water partition coefficient (Wildman–Crippen LogP) is 3.42. The van der Waals surface area contributed by atoms with E-state index in [0.717, 1.165) is 35.9 Å². The number of anilines is 1. The van der Waals surface area contributed by atoms with E-state index in [-0.39, 0.29) is 0 Å². The molecular formula is C16H21N3O. The van der Waals surface area contributed by atoms with Gasteiger partial charge in [-0.3, -0.25) is 0 Å². The molecule has 0 aliphatic carbocycles. The Hall–Kier alpha value is -2.23. The first-order chi connectivity index (χ1) is 9.67. The molecule has 0 saturated heterocycles. The lowest BCUT2D eigenvalue weighted by molar-refractivity contribution is 0.317. The second-order valence-corrected chi connectivity index (χ2v) is 4.66. The van der Waals surface area contributed by atoms with Crippen LogP contribution in [0.2, 0.25) is 0 Å². The van der Waals surface area contributed by atoms with Crippen LogP contribution in [0, 0.1) is 6.92 Å². The van der Waals surface area contributed by atoms with Crippen LogP contribution in [0.15, 0.2) is 36.9 Å². The number of rotatable bonds is 6. The Morgan fingerprint density at radius 3 is 2.65 bits per heavy atom. The first-order valence-electron chi connectivity index (χ1n) is 6.84. The Morgan fingerprint density at radius 2 is 2.05 bits per heavy atom. The third-order valence-electron chi connectivity index (χ3n) is 3.11. The average Bonchev–Trinajstić information content (AvgIpc) is 2.74. The zero-order chi connectivity index (χ0) is 14.5. The number of allylic oxidation sites excluding steroid dienone is 1. The standard InChI is InChI=1S/C16H21N3O/c1-4-10-19-12(3)18-15(16(19)17)13-6-8-14(9-7-13)20-11-5-2/h4,6-9H,1,5,10-11,17H2,2-3H3. The van der Waals surface area contributed by atoms with Crippen molar-refractivity contribution >= 4 is 5.82 Å². The SMILES string of the molecule is C=CCn1c(C)nc(-c2ccc(OCCC)cc2)c1N. The Labute approximate surface area is 119 Å². The second-order valence-electron chi connectivity index (χ2n) is 4.66. The molecule has 0 saturated carbocycles. The Balaban J connectivity index is 2.27. The number of aromatic nitrogens is 2. The third-order valence-corrected chi connectivity index (χ3v) is 3.11. The topological polar surface area (TPSA) is 53.1 Å². The first-order valence-corrected chi connectivity index (χ1v) is 6.84. The zero-order valence-corrected chi connectivity index (χ0v) is 12.1. The number of hydrogen-bond donors (Lipinski definition) is 1. The highest BCUT2D eigenvalue weighted by atomic mass is 16.5. The maximum absolute atomic E-state index is 6.16. The van der Waals surface area contributed by atoms with Gasteiger partial charge in [-0.25, -0.2) is 4.98 Å². The minimum atomic E-state index is 0.669. The fourth-order valence-electron chi connectivity index (χ4n) is 2.08. The van der Waals surface area contributed by atoms with Gasteiger partial charge in [0.2, 0.25) is 0 Å². The maximum atomic E-state index is 6.16. The quantitative estimate of drug-likeness (QED) is 0.819. The predicted molar refractivity (Wildman–Crippen MR) is 82.8 cm³/mol. The third kappa shape index (κ3) is 2.85. The van der Waals surface area contributed by atoms with E-state index in [2.05, 4.69) is 18.5 Å². The molecule has 2 rings (SSSR count). The number of hydrogen-bond acceptors (Lipinski definition) is 3. The molecule has 1 aromatic heterocycles. The molecule has 0 bridgehead atoms. The van der Waals surface area contributed by atoms with Crippen LogP contribution in [0.3, 0.4) is 0 Å². The van der Waals surface area contributed by atoms with Crippen LogP contribution >= 0.6 is 0 Å². The van der Waals surface area contributed by atoms with Crippen molar-refractivity contribution in [2.45, 2.75) is 26.8 Å². The molecule has 1 heterocycles. The van der Waals surface area contributed by atoms with Crippen molar-refractivity contribution in [2.24, 2.45) is 0 Å². The molecule has 0 fully saturated rings. The van der Waals surface area contributed by atoms with Gasteiger partial charge in [-0.1, -0.05) is 13.0 Å². The van der Waals surface area contributed by atoms with Crippen LogP contribution in [-0.2, 0) is 6.54 Å². The van der Waals surface area contributed by atoms with Crippen molar-refractivity contribution in [3.05, 3.63) is 42.7 Å². The Kier molecular flexibility index (Phi) is 4.45. The molecule has 0 aliphatic heterocycles. The van der Waals surface area contributed by atoms with Crippen LogP contribution in [-0.4, -0.2) is 16.2 Å². The lowest BCUT2D eigenvalue weighted by Gasteiger charge is -2.06. The summed E-state index contributed by atoms with van der Waals surface area (Å²) in [5.41, 5.74) is 7.97. The lowest BCUT2D eigenvalue weighted by atomic mass is 10.1. The highest BCUT2D eigenvalue weighted by molar-refractivity contribution is 5.71. The van der Waals surface area contributed by atoms with Gasteiger partial charge in [0.1, 0.15) is 23.1 Å². The molecule has 4 nitrogen and oxygen atoms in total. The Morgan fingerprint density at radius 1 is 1.35 bits per heavy atom. The molecule has 0 spiro atoms. The molecule has 106 valence electrons. The lowest BCUT2D eigenvalue weighted by Crippen LogP contribution is -2.03. The summed E-state index contributed by atoms with van der Waals surface area (Å²) >= 11 is 0. The molecule has 1 aromatic carbocycles. The molecule has 2 N–H and O–H groups in total. The van der Waals surface area contributed by atoms with Crippen molar-refractivity contribution < 1.29 is 4.74 Å². The number of nitrogens with two attached hydrogens (primary N) is 1. The van der Waals surface area contributed by atoms with E-state index in [1.807, 2.05) is 41.8 Å². The summed E-state index contributed by atoms with van der Waals surface area (Å²) in [5, 5.41) is 0. The van der Waals surface area contributed by atoms with E-state index in [0.29, 0.717) is 12.4 Å². The van der Waals surface area contributed by atoms with Crippen LogP contribution in [0.5, 0.6) is 5.75 Å². The van der Waals surface area contributed by atoms with Gasteiger partial charge in [-0.15, -0.1) is 6.58 Å². The summed E-state index contributed by atoms with van der Waals surface area (Å²) in [5.74, 6) is 2.43. The van der Waals surface area contributed by atoms with Crippen molar-refractivity contribution in [1.29, 1.82) is 0 Å². The number of aryl methyl sites for hydroxylation is 1. The van der Waals surface area contributed by atoms with Crippen molar-refractivity contribution in [1.82, 2.24) is 9.55 Å². The van der Waals surface area contributed by atoms with Crippen LogP contribution in [0.1, 0.15) is 19.2 Å². The molecule has 4 heteroatoms. The van der Waals surface area contributed by atoms with E-state index in [9.17, 15) is 0 Å². The second kappa shape index (κ2) is 6.28. The number of imidazole rings is 1. The minimum Gasteiger partial charge on any atom is -0.494 e. The summed E-state index contributed by atoms with van der Waals surface area (Å²) in [6, 6.07) is 7.88. The van der Waals surface area contributed by atoms with Gasteiger partial charge in [0.05, 0.1) is 6.61 Å². The normalized spacial score (nSPS) is 10.5. The number of benzene rings is 1. The zero-order valence-electron chi connectivity index (χ0n) is 12.1. The van der Waals surface area contributed by atoms with Gasteiger partial charge >= 0.3 is 0 Å². The number of ether oxygens (including phenoxy) is 1. The maximum Gasteiger partial charge on any atom is 0.132 e. The average molecular weight is 271 g/mol. The van der Waals surface area contributed by atoms with Crippen molar-refractivity contribution in [2.75, 3.05) is 12.3 Å². The van der Waals surface area contributed by atoms with Gasteiger partial charge in [-0.05, 0) is 37.6 Å². The minimum absolute atomic E-state index is 0.669. The highest BCUT2D eigenvalue weighted by Gasteiger charge is 2.12. The van der Waals surface area contributed by atoms with Gasteiger partial charge in [0.15, 0.2) is 0 Å². The molecular weight excluding hydrogens is 250 g/mol. The van der Waals surface area contributed by atoms with Crippen LogP contribution in [0.25, 0.3) is 11.3 Å². The smallest absolute Gasteiger partial charge is 0.132 e. The number of nitrogens with zero attached hydrogens (tertiary/aromatic N) is 2.